The lowest BCUT2D eigenvalue weighted by Crippen LogP contribution is -2.15. The summed E-state index contributed by atoms with van der Waals surface area (Å²) >= 11 is 11.4. The first-order valence-corrected chi connectivity index (χ1v) is 6.43. The van der Waals surface area contributed by atoms with Crippen molar-refractivity contribution in [1.82, 2.24) is 0 Å². The molecule has 0 unspecified atom stereocenters. The van der Waals surface area contributed by atoms with Crippen molar-refractivity contribution < 1.29 is 14.3 Å². The van der Waals surface area contributed by atoms with E-state index in [0.717, 1.165) is 17.7 Å². The van der Waals surface area contributed by atoms with Crippen LogP contribution in [0.15, 0.2) is 36.4 Å². The number of phenolic OH excluding ortho intramolecular Hbond substituents is 1. The first-order chi connectivity index (χ1) is 9.45. The quantitative estimate of drug-likeness (QED) is 0.841. The Morgan fingerprint density at radius 3 is 2.50 bits per heavy atom. The summed E-state index contributed by atoms with van der Waals surface area (Å²) in [5.41, 5.74) is 0.670. The fourth-order valence-corrected chi connectivity index (χ4v) is 1.90. The van der Waals surface area contributed by atoms with Crippen LogP contribution in [0.2, 0.25) is 10.0 Å². The van der Waals surface area contributed by atoms with Gasteiger partial charge >= 0.3 is 0 Å². The SMILES string of the molecule is O=C(Cc1ccc(Cl)cc1)Nc1cc(Cl)c(O)cc1F. The average molecular weight is 314 g/mol. The van der Waals surface area contributed by atoms with Crippen molar-refractivity contribution >= 4 is 34.8 Å². The number of amides is 1. The third kappa shape index (κ3) is 3.62. The Hall–Kier alpha value is -1.78. The van der Waals surface area contributed by atoms with E-state index in [0.29, 0.717) is 5.02 Å². The maximum Gasteiger partial charge on any atom is 0.228 e. The highest BCUT2D eigenvalue weighted by molar-refractivity contribution is 6.32. The van der Waals surface area contributed by atoms with Gasteiger partial charge in [0.2, 0.25) is 5.91 Å². The zero-order valence-corrected chi connectivity index (χ0v) is 11.7. The summed E-state index contributed by atoms with van der Waals surface area (Å²) in [5.74, 6) is -1.52. The van der Waals surface area contributed by atoms with Gasteiger partial charge in [-0.2, -0.15) is 0 Å². The molecule has 0 saturated heterocycles. The molecule has 0 atom stereocenters. The molecule has 2 N–H and O–H groups in total. The van der Waals surface area contributed by atoms with Gasteiger partial charge in [-0.05, 0) is 23.8 Å². The van der Waals surface area contributed by atoms with Crippen LogP contribution in [0.4, 0.5) is 10.1 Å². The highest BCUT2D eigenvalue weighted by Crippen LogP contribution is 2.29. The lowest BCUT2D eigenvalue weighted by atomic mass is 10.1. The van der Waals surface area contributed by atoms with Crippen LogP contribution in [0.3, 0.4) is 0 Å². The first-order valence-electron chi connectivity index (χ1n) is 5.68. The number of phenols is 1. The minimum Gasteiger partial charge on any atom is -0.506 e. The number of benzene rings is 2. The Kier molecular flexibility index (Phi) is 4.47. The number of carbonyl (C=O) groups excluding carboxylic acids is 1. The summed E-state index contributed by atoms with van der Waals surface area (Å²) < 4.78 is 13.5. The van der Waals surface area contributed by atoms with Gasteiger partial charge in [0.05, 0.1) is 17.1 Å². The molecular weight excluding hydrogens is 304 g/mol. The van der Waals surface area contributed by atoms with E-state index in [-0.39, 0.29) is 22.9 Å². The Morgan fingerprint density at radius 1 is 1.20 bits per heavy atom. The van der Waals surface area contributed by atoms with E-state index in [1.165, 1.54) is 0 Å². The van der Waals surface area contributed by atoms with Gasteiger partial charge in [0, 0.05) is 11.1 Å². The zero-order valence-electron chi connectivity index (χ0n) is 10.2. The molecule has 0 heterocycles. The van der Waals surface area contributed by atoms with Crippen LogP contribution in [-0.2, 0) is 11.2 Å². The molecule has 3 nitrogen and oxygen atoms in total. The Bertz CT molecular complexity index is 644. The van der Waals surface area contributed by atoms with E-state index in [4.69, 9.17) is 23.2 Å². The molecule has 2 rings (SSSR count). The third-order valence-electron chi connectivity index (χ3n) is 2.59. The summed E-state index contributed by atoms with van der Waals surface area (Å²) in [6.45, 7) is 0. The van der Waals surface area contributed by atoms with E-state index >= 15 is 0 Å². The van der Waals surface area contributed by atoms with Gasteiger partial charge < -0.3 is 10.4 Å². The number of nitrogens with one attached hydrogen (secondary N) is 1. The van der Waals surface area contributed by atoms with Crippen molar-refractivity contribution in [3.05, 3.63) is 57.8 Å². The Morgan fingerprint density at radius 2 is 1.85 bits per heavy atom. The van der Waals surface area contributed by atoms with Gasteiger partial charge in [-0.1, -0.05) is 35.3 Å². The summed E-state index contributed by atoms with van der Waals surface area (Å²) in [5, 5.41) is 12.2. The highest BCUT2D eigenvalue weighted by atomic mass is 35.5. The van der Waals surface area contributed by atoms with Crippen LogP contribution in [0.1, 0.15) is 5.56 Å². The fraction of sp³-hybridized carbons (Fsp3) is 0.0714. The van der Waals surface area contributed by atoms with Gasteiger partial charge in [0.25, 0.3) is 0 Å². The van der Waals surface area contributed by atoms with E-state index in [2.05, 4.69) is 5.32 Å². The predicted octanol–water partition coefficient (Wildman–Crippen LogP) is 4.02. The lowest BCUT2D eigenvalue weighted by Gasteiger charge is -2.08. The Balaban J connectivity index is 2.08. The van der Waals surface area contributed by atoms with Crippen LogP contribution < -0.4 is 5.32 Å². The van der Waals surface area contributed by atoms with E-state index < -0.39 is 11.7 Å². The summed E-state index contributed by atoms with van der Waals surface area (Å²) in [7, 11) is 0. The largest absolute Gasteiger partial charge is 0.506 e. The zero-order chi connectivity index (χ0) is 14.7. The number of aromatic hydroxyl groups is 1. The number of halogens is 3. The lowest BCUT2D eigenvalue weighted by molar-refractivity contribution is -0.115. The van der Waals surface area contributed by atoms with Gasteiger partial charge in [-0.3, -0.25) is 4.79 Å². The number of rotatable bonds is 3. The standard InChI is InChI=1S/C14H10Cl2FNO2/c15-9-3-1-8(2-4-9)5-14(20)18-12-6-10(16)13(19)7-11(12)17/h1-4,6-7,19H,5H2,(H,18,20). The first kappa shape index (κ1) is 14.6. The van der Waals surface area contributed by atoms with Gasteiger partial charge in [-0.25, -0.2) is 4.39 Å². The topological polar surface area (TPSA) is 49.3 Å². The van der Waals surface area contributed by atoms with Crippen LogP contribution in [0, 0.1) is 5.82 Å². The average Bonchev–Trinajstić information content (AvgIpc) is 2.39. The van der Waals surface area contributed by atoms with Crippen molar-refractivity contribution in [1.29, 1.82) is 0 Å². The van der Waals surface area contributed by atoms with Crippen molar-refractivity contribution in [2.45, 2.75) is 6.42 Å². The molecule has 20 heavy (non-hydrogen) atoms. The van der Waals surface area contributed by atoms with Crippen molar-refractivity contribution in [3.63, 3.8) is 0 Å². The molecule has 104 valence electrons. The van der Waals surface area contributed by atoms with Crippen LogP contribution in [0.25, 0.3) is 0 Å². The monoisotopic (exact) mass is 313 g/mol. The molecule has 0 radical (unpaired) electrons. The van der Waals surface area contributed by atoms with Crippen LogP contribution >= 0.6 is 23.2 Å². The van der Waals surface area contributed by atoms with E-state index in [1.807, 2.05) is 0 Å². The Labute approximate surface area is 124 Å². The second-order valence-electron chi connectivity index (χ2n) is 4.13. The van der Waals surface area contributed by atoms with E-state index in [9.17, 15) is 14.3 Å². The third-order valence-corrected chi connectivity index (χ3v) is 3.14. The van der Waals surface area contributed by atoms with Gasteiger partial charge in [0.15, 0.2) is 0 Å². The second kappa shape index (κ2) is 6.11. The van der Waals surface area contributed by atoms with Gasteiger partial charge in [-0.15, -0.1) is 0 Å². The van der Waals surface area contributed by atoms with Crippen LogP contribution in [-0.4, -0.2) is 11.0 Å². The predicted molar refractivity (Wildman–Crippen MR) is 76.9 cm³/mol. The minimum absolute atomic E-state index is 0.0341. The molecule has 0 spiro atoms. The van der Waals surface area contributed by atoms with Crippen LogP contribution in [0.5, 0.6) is 5.75 Å². The molecule has 0 aliphatic carbocycles. The molecule has 6 heteroatoms. The summed E-state index contributed by atoms with van der Waals surface area (Å²) in [4.78, 5) is 11.8. The molecule has 2 aromatic rings. The normalized spacial score (nSPS) is 10.3. The maximum atomic E-state index is 13.5. The molecule has 0 aliphatic heterocycles. The summed E-state index contributed by atoms with van der Waals surface area (Å²) in [6.07, 6.45) is 0.0785. The molecule has 0 aliphatic rings. The van der Waals surface area contributed by atoms with E-state index in [1.54, 1.807) is 24.3 Å². The summed E-state index contributed by atoms with van der Waals surface area (Å²) in [6, 6.07) is 8.76. The molecule has 0 aromatic heterocycles. The molecule has 0 fully saturated rings. The molecule has 2 aromatic carbocycles. The van der Waals surface area contributed by atoms with Crippen molar-refractivity contribution in [2.75, 3.05) is 5.32 Å². The number of anilines is 1. The molecule has 0 bridgehead atoms. The molecule has 0 saturated carbocycles. The second-order valence-corrected chi connectivity index (χ2v) is 4.98. The van der Waals surface area contributed by atoms with Crippen molar-refractivity contribution in [3.8, 4) is 5.75 Å². The fourth-order valence-electron chi connectivity index (χ4n) is 1.61. The van der Waals surface area contributed by atoms with Gasteiger partial charge in [0.1, 0.15) is 11.6 Å². The van der Waals surface area contributed by atoms with Crippen molar-refractivity contribution in [2.24, 2.45) is 0 Å². The number of hydrogen-bond donors (Lipinski definition) is 2. The highest BCUT2D eigenvalue weighted by Gasteiger charge is 2.11. The molecular formula is C14H10Cl2FNO2. The number of carbonyl (C=O) groups is 1. The minimum atomic E-state index is -0.753. The molecule has 1 amide bonds. The number of hydrogen-bond acceptors (Lipinski definition) is 2. The smallest absolute Gasteiger partial charge is 0.228 e. The maximum absolute atomic E-state index is 13.5.